The minimum atomic E-state index is 0.0811. The zero-order valence-corrected chi connectivity index (χ0v) is 10.2. The van der Waals surface area contributed by atoms with Gasteiger partial charge in [0.25, 0.3) is 0 Å². The number of halogens is 1. The molecule has 0 aliphatic carbocycles. The Morgan fingerprint density at radius 1 is 1.21 bits per heavy atom. The highest BCUT2D eigenvalue weighted by Gasteiger charge is 2.45. The first kappa shape index (κ1) is 10.1. The van der Waals surface area contributed by atoms with Crippen LogP contribution in [0.1, 0.15) is 32.6 Å². The number of hydroxylamine groups is 2. The Kier molecular flexibility index (Phi) is 2.41. The van der Waals surface area contributed by atoms with Crippen molar-refractivity contribution in [2.75, 3.05) is 0 Å². The molecule has 2 nitrogen and oxygen atoms in total. The number of hydrogen-bond donors (Lipinski definition) is 0. The first-order valence-corrected chi connectivity index (χ1v) is 5.49. The molecule has 1 aliphatic heterocycles. The Morgan fingerprint density at radius 2 is 1.79 bits per heavy atom. The molecule has 3 heteroatoms. The molecular formula is C11H14BrNO. The predicted molar refractivity (Wildman–Crippen MR) is 59.6 cm³/mol. The molecule has 0 aromatic heterocycles. The van der Waals surface area contributed by atoms with Gasteiger partial charge in [0.15, 0.2) is 6.23 Å². The SMILES string of the molecule is CC(C)(C)N1OC1c1ccc(Br)cc1. The van der Waals surface area contributed by atoms with Gasteiger partial charge in [-0.15, -0.1) is 5.06 Å². The number of rotatable bonds is 1. The summed E-state index contributed by atoms with van der Waals surface area (Å²) in [7, 11) is 0. The van der Waals surface area contributed by atoms with E-state index < -0.39 is 0 Å². The molecule has 1 aliphatic rings. The topological polar surface area (TPSA) is 15.5 Å². The van der Waals surface area contributed by atoms with Crippen molar-refractivity contribution in [2.24, 2.45) is 0 Å². The summed E-state index contributed by atoms with van der Waals surface area (Å²) in [5.74, 6) is 0. The molecule has 0 radical (unpaired) electrons. The summed E-state index contributed by atoms with van der Waals surface area (Å²) < 4.78 is 1.10. The van der Waals surface area contributed by atoms with E-state index in [0.29, 0.717) is 0 Å². The lowest BCUT2D eigenvalue weighted by Gasteiger charge is -2.16. The molecule has 1 aromatic carbocycles. The molecule has 14 heavy (non-hydrogen) atoms. The molecule has 0 bridgehead atoms. The van der Waals surface area contributed by atoms with Crippen LogP contribution < -0.4 is 0 Å². The third kappa shape index (κ3) is 2.00. The Hall–Kier alpha value is -0.380. The van der Waals surface area contributed by atoms with Gasteiger partial charge >= 0.3 is 0 Å². The van der Waals surface area contributed by atoms with E-state index in [1.165, 1.54) is 5.56 Å². The first-order valence-electron chi connectivity index (χ1n) is 4.70. The maximum atomic E-state index is 5.53. The molecule has 1 heterocycles. The molecule has 1 saturated heterocycles. The van der Waals surface area contributed by atoms with E-state index >= 15 is 0 Å². The fourth-order valence-electron chi connectivity index (χ4n) is 1.41. The van der Waals surface area contributed by atoms with Gasteiger partial charge in [-0.05, 0) is 38.5 Å². The smallest absolute Gasteiger partial charge is 0.180 e. The first-order chi connectivity index (χ1) is 6.48. The average Bonchev–Trinajstić information content (AvgIpc) is 2.83. The highest BCUT2D eigenvalue weighted by Crippen LogP contribution is 2.43. The lowest BCUT2D eigenvalue weighted by molar-refractivity contribution is 0.101. The van der Waals surface area contributed by atoms with Crippen molar-refractivity contribution in [1.29, 1.82) is 0 Å². The summed E-state index contributed by atoms with van der Waals surface area (Å²) in [5.41, 5.74) is 1.29. The maximum Gasteiger partial charge on any atom is 0.180 e. The predicted octanol–water partition coefficient (Wildman–Crippen LogP) is 3.49. The fourth-order valence-corrected chi connectivity index (χ4v) is 1.68. The standard InChI is InChI=1S/C11H14BrNO/c1-11(2,3)13-10(14-13)8-4-6-9(12)7-5-8/h4-7,10H,1-3H3. The molecule has 76 valence electrons. The second kappa shape index (κ2) is 3.33. The van der Waals surface area contributed by atoms with Crippen LogP contribution in [0.2, 0.25) is 0 Å². The van der Waals surface area contributed by atoms with Gasteiger partial charge in [0.1, 0.15) is 0 Å². The zero-order chi connectivity index (χ0) is 10.3. The van der Waals surface area contributed by atoms with E-state index in [1.807, 2.05) is 17.2 Å². The van der Waals surface area contributed by atoms with Gasteiger partial charge in [0.2, 0.25) is 0 Å². The molecule has 0 amide bonds. The highest BCUT2D eigenvalue weighted by molar-refractivity contribution is 9.10. The molecular weight excluding hydrogens is 242 g/mol. The normalized spacial score (nSPS) is 26.3. The molecule has 2 atom stereocenters. The number of nitrogens with zero attached hydrogens (tertiary/aromatic N) is 1. The fraction of sp³-hybridized carbons (Fsp3) is 0.455. The van der Waals surface area contributed by atoms with Gasteiger partial charge in [-0.3, -0.25) is 4.84 Å². The summed E-state index contributed by atoms with van der Waals surface area (Å²) in [6.45, 7) is 6.43. The van der Waals surface area contributed by atoms with E-state index in [1.54, 1.807) is 0 Å². The van der Waals surface area contributed by atoms with Crippen LogP contribution in [0.4, 0.5) is 0 Å². The average molecular weight is 256 g/mol. The molecule has 1 fully saturated rings. The summed E-state index contributed by atoms with van der Waals surface area (Å²) in [6, 6.07) is 8.25. The zero-order valence-electron chi connectivity index (χ0n) is 8.62. The van der Waals surface area contributed by atoms with Crippen molar-refractivity contribution < 1.29 is 4.84 Å². The van der Waals surface area contributed by atoms with Crippen LogP contribution in [0, 0.1) is 0 Å². The molecule has 2 rings (SSSR count). The summed E-state index contributed by atoms with van der Waals surface area (Å²) in [4.78, 5) is 5.53. The van der Waals surface area contributed by atoms with Crippen LogP contribution in [0.3, 0.4) is 0 Å². The van der Waals surface area contributed by atoms with Gasteiger partial charge in [-0.2, -0.15) is 0 Å². The van der Waals surface area contributed by atoms with Crippen LogP contribution in [-0.4, -0.2) is 10.6 Å². The van der Waals surface area contributed by atoms with E-state index in [2.05, 4.69) is 48.8 Å². The second-order valence-electron chi connectivity index (χ2n) is 4.51. The van der Waals surface area contributed by atoms with Crippen LogP contribution >= 0.6 is 15.9 Å². The lowest BCUT2D eigenvalue weighted by atomic mass is 10.1. The van der Waals surface area contributed by atoms with Crippen molar-refractivity contribution in [3.8, 4) is 0 Å². The van der Waals surface area contributed by atoms with Crippen molar-refractivity contribution in [1.82, 2.24) is 5.06 Å². The minimum Gasteiger partial charge on any atom is -0.269 e. The minimum absolute atomic E-state index is 0.0811. The van der Waals surface area contributed by atoms with E-state index in [9.17, 15) is 0 Å². The number of benzene rings is 1. The van der Waals surface area contributed by atoms with Gasteiger partial charge < -0.3 is 0 Å². The monoisotopic (exact) mass is 255 g/mol. The van der Waals surface area contributed by atoms with Crippen molar-refractivity contribution in [3.05, 3.63) is 34.3 Å². The van der Waals surface area contributed by atoms with Gasteiger partial charge in [-0.25, -0.2) is 0 Å². The Morgan fingerprint density at radius 3 is 2.21 bits per heavy atom. The molecule has 0 spiro atoms. The van der Waals surface area contributed by atoms with Crippen molar-refractivity contribution >= 4 is 15.9 Å². The molecule has 0 N–H and O–H groups in total. The quantitative estimate of drug-likeness (QED) is 0.714. The third-order valence-corrected chi connectivity index (χ3v) is 2.73. The van der Waals surface area contributed by atoms with Gasteiger partial charge in [0.05, 0.1) is 0 Å². The van der Waals surface area contributed by atoms with E-state index in [-0.39, 0.29) is 11.8 Å². The van der Waals surface area contributed by atoms with E-state index in [4.69, 9.17) is 4.84 Å². The summed E-state index contributed by atoms with van der Waals surface area (Å²) in [5, 5.41) is 2.01. The van der Waals surface area contributed by atoms with Gasteiger partial charge in [0, 0.05) is 10.0 Å². The van der Waals surface area contributed by atoms with Crippen LogP contribution in [0.15, 0.2) is 28.7 Å². The van der Waals surface area contributed by atoms with E-state index in [0.717, 1.165) is 4.47 Å². The highest BCUT2D eigenvalue weighted by atomic mass is 79.9. The van der Waals surface area contributed by atoms with Crippen molar-refractivity contribution in [3.63, 3.8) is 0 Å². The Labute approximate surface area is 92.9 Å². The van der Waals surface area contributed by atoms with Gasteiger partial charge in [-0.1, -0.05) is 28.1 Å². The van der Waals surface area contributed by atoms with Crippen LogP contribution in [-0.2, 0) is 4.84 Å². The molecule has 0 saturated carbocycles. The Bertz CT molecular complexity index is 328. The molecule has 2 unspecified atom stereocenters. The lowest BCUT2D eigenvalue weighted by Crippen LogP contribution is -2.25. The Balaban J connectivity index is 2.10. The molecule has 1 aromatic rings. The third-order valence-electron chi connectivity index (χ3n) is 2.20. The second-order valence-corrected chi connectivity index (χ2v) is 5.42. The maximum absolute atomic E-state index is 5.53. The van der Waals surface area contributed by atoms with Crippen LogP contribution in [0.25, 0.3) is 0 Å². The summed E-state index contributed by atoms with van der Waals surface area (Å²) >= 11 is 3.42. The van der Waals surface area contributed by atoms with Crippen molar-refractivity contribution in [2.45, 2.75) is 32.5 Å². The number of hydrogen-bond acceptors (Lipinski definition) is 2. The summed E-state index contributed by atoms with van der Waals surface area (Å²) in [6.07, 6.45) is 0.142. The largest absolute Gasteiger partial charge is 0.269 e. The van der Waals surface area contributed by atoms with Crippen LogP contribution in [0.5, 0.6) is 0 Å².